The van der Waals surface area contributed by atoms with Crippen molar-refractivity contribution in [3.05, 3.63) is 30.1 Å². The lowest BCUT2D eigenvalue weighted by molar-refractivity contribution is 0.526. The van der Waals surface area contributed by atoms with Crippen LogP contribution in [0, 0.1) is 0 Å². The second kappa shape index (κ2) is 3.59. The normalized spacial score (nSPS) is 11.7. The highest BCUT2D eigenvalue weighted by molar-refractivity contribution is 5.44. The largest absolute Gasteiger partial charge is 0.399 e. The predicted octanol–water partition coefficient (Wildman–Crippen LogP) is 1.54. The van der Waals surface area contributed by atoms with Crippen LogP contribution in [0.3, 0.4) is 0 Å². The molecular weight excluding hydrogens is 202 g/mol. The van der Waals surface area contributed by atoms with Crippen molar-refractivity contribution in [2.75, 3.05) is 5.73 Å². The van der Waals surface area contributed by atoms with Crippen LogP contribution in [0.4, 0.5) is 5.69 Å². The smallest absolute Gasteiger partial charge is 0.162 e. The Kier molecular flexibility index (Phi) is 2.38. The zero-order chi connectivity index (χ0) is 11.8. The average molecular weight is 217 g/mol. The fraction of sp³-hybridized carbons (Fsp3) is 0.364. The van der Waals surface area contributed by atoms with Gasteiger partial charge in [-0.1, -0.05) is 20.8 Å². The summed E-state index contributed by atoms with van der Waals surface area (Å²) in [5.74, 6) is 0.831. The van der Waals surface area contributed by atoms with E-state index in [1.165, 1.54) is 0 Å². The monoisotopic (exact) mass is 217 g/mol. The molecule has 1 aromatic heterocycles. The van der Waals surface area contributed by atoms with E-state index in [2.05, 4.69) is 36.3 Å². The Hall–Kier alpha value is -1.91. The minimum Gasteiger partial charge on any atom is -0.399 e. The topological polar surface area (TPSA) is 69.6 Å². The predicted molar refractivity (Wildman–Crippen MR) is 62.3 cm³/mol. The molecule has 0 aliphatic carbocycles. The van der Waals surface area contributed by atoms with Crippen molar-refractivity contribution >= 4 is 5.69 Å². The van der Waals surface area contributed by atoms with Gasteiger partial charge in [0.15, 0.2) is 5.82 Å². The van der Waals surface area contributed by atoms with Crippen LogP contribution >= 0.6 is 0 Å². The molecule has 2 rings (SSSR count). The molecule has 0 bridgehead atoms. The van der Waals surface area contributed by atoms with Gasteiger partial charge >= 0.3 is 0 Å². The van der Waals surface area contributed by atoms with Crippen LogP contribution in [-0.4, -0.2) is 20.2 Å². The third-order valence-corrected chi connectivity index (χ3v) is 2.28. The molecule has 1 heterocycles. The number of benzene rings is 1. The Labute approximate surface area is 94.3 Å². The highest BCUT2D eigenvalue weighted by Gasteiger charge is 2.22. The first-order chi connectivity index (χ1) is 7.48. The van der Waals surface area contributed by atoms with E-state index in [0.717, 1.165) is 17.2 Å². The molecule has 1 aromatic carbocycles. The SMILES string of the molecule is CC(C)(C)c1nnnn1-c1ccc(N)cc1. The van der Waals surface area contributed by atoms with Gasteiger partial charge in [0.05, 0.1) is 5.69 Å². The van der Waals surface area contributed by atoms with Crippen LogP contribution in [-0.2, 0) is 5.41 Å². The molecule has 0 aliphatic rings. The maximum Gasteiger partial charge on any atom is 0.162 e. The standard InChI is InChI=1S/C11H15N5/c1-11(2,3)10-13-14-15-16(10)9-6-4-8(12)5-7-9/h4-7H,12H2,1-3H3. The van der Waals surface area contributed by atoms with E-state index >= 15 is 0 Å². The molecule has 5 heteroatoms. The van der Waals surface area contributed by atoms with Gasteiger partial charge in [-0.25, -0.2) is 0 Å². The molecule has 0 amide bonds. The lowest BCUT2D eigenvalue weighted by atomic mass is 9.96. The Morgan fingerprint density at radius 3 is 2.31 bits per heavy atom. The Bertz CT molecular complexity index is 478. The summed E-state index contributed by atoms with van der Waals surface area (Å²) in [7, 11) is 0. The lowest BCUT2D eigenvalue weighted by Gasteiger charge is -2.16. The minimum atomic E-state index is -0.0924. The summed E-state index contributed by atoms with van der Waals surface area (Å²) in [5.41, 5.74) is 7.20. The van der Waals surface area contributed by atoms with Crippen LogP contribution < -0.4 is 5.73 Å². The van der Waals surface area contributed by atoms with Crippen molar-refractivity contribution in [2.24, 2.45) is 0 Å². The maximum atomic E-state index is 5.64. The molecule has 0 unspecified atom stereocenters. The highest BCUT2D eigenvalue weighted by Crippen LogP contribution is 2.21. The van der Waals surface area contributed by atoms with Gasteiger partial charge in [0.1, 0.15) is 0 Å². The van der Waals surface area contributed by atoms with Gasteiger partial charge in [0, 0.05) is 11.1 Å². The number of anilines is 1. The van der Waals surface area contributed by atoms with E-state index < -0.39 is 0 Å². The maximum absolute atomic E-state index is 5.64. The van der Waals surface area contributed by atoms with Crippen molar-refractivity contribution < 1.29 is 0 Å². The van der Waals surface area contributed by atoms with Crippen molar-refractivity contribution in [1.82, 2.24) is 20.2 Å². The molecule has 2 aromatic rings. The molecule has 0 radical (unpaired) electrons. The first kappa shape index (κ1) is 10.6. The first-order valence-corrected chi connectivity index (χ1v) is 5.13. The van der Waals surface area contributed by atoms with E-state index in [9.17, 15) is 0 Å². The molecule has 0 aliphatic heterocycles. The fourth-order valence-corrected chi connectivity index (χ4v) is 1.44. The lowest BCUT2D eigenvalue weighted by Crippen LogP contribution is -2.18. The number of nitrogen functional groups attached to an aromatic ring is 1. The molecule has 0 atom stereocenters. The van der Waals surface area contributed by atoms with Crippen molar-refractivity contribution in [1.29, 1.82) is 0 Å². The van der Waals surface area contributed by atoms with E-state index in [1.54, 1.807) is 4.68 Å². The minimum absolute atomic E-state index is 0.0924. The van der Waals surface area contributed by atoms with Crippen molar-refractivity contribution in [2.45, 2.75) is 26.2 Å². The number of hydrogen-bond donors (Lipinski definition) is 1. The molecule has 0 saturated heterocycles. The summed E-state index contributed by atoms with van der Waals surface area (Å²) >= 11 is 0. The highest BCUT2D eigenvalue weighted by atomic mass is 15.5. The van der Waals surface area contributed by atoms with Crippen molar-refractivity contribution in [3.8, 4) is 5.69 Å². The van der Waals surface area contributed by atoms with Crippen LogP contribution in [0.5, 0.6) is 0 Å². The summed E-state index contributed by atoms with van der Waals surface area (Å²) in [4.78, 5) is 0. The van der Waals surface area contributed by atoms with Crippen LogP contribution in [0.1, 0.15) is 26.6 Å². The Balaban J connectivity index is 2.49. The zero-order valence-electron chi connectivity index (χ0n) is 9.68. The molecule has 84 valence electrons. The van der Waals surface area contributed by atoms with Gasteiger partial charge in [-0.2, -0.15) is 4.68 Å². The summed E-state index contributed by atoms with van der Waals surface area (Å²) in [5, 5.41) is 11.8. The third kappa shape index (κ3) is 1.88. The summed E-state index contributed by atoms with van der Waals surface area (Å²) in [6.45, 7) is 6.23. The number of aromatic nitrogens is 4. The van der Waals surface area contributed by atoms with Gasteiger partial charge in [-0.05, 0) is 34.7 Å². The van der Waals surface area contributed by atoms with Gasteiger partial charge in [0.25, 0.3) is 0 Å². The molecule has 5 nitrogen and oxygen atoms in total. The van der Waals surface area contributed by atoms with Gasteiger partial charge < -0.3 is 5.73 Å². The van der Waals surface area contributed by atoms with Crippen LogP contribution in [0.15, 0.2) is 24.3 Å². The third-order valence-electron chi connectivity index (χ3n) is 2.28. The number of rotatable bonds is 1. The first-order valence-electron chi connectivity index (χ1n) is 5.13. The molecule has 0 fully saturated rings. The summed E-state index contributed by atoms with van der Waals surface area (Å²) < 4.78 is 1.74. The summed E-state index contributed by atoms with van der Waals surface area (Å²) in [6, 6.07) is 7.48. The number of hydrogen-bond acceptors (Lipinski definition) is 4. The van der Waals surface area contributed by atoms with E-state index in [0.29, 0.717) is 0 Å². The van der Waals surface area contributed by atoms with E-state index in [4.69, 9.17) is 5.73 Å². The number of nitrogens with two attached hydrogens (primary N) is 1. The number of nitrogens with zero attached hydrogens (tertiary/aromatic N) is 4. The molecular formula is C11H15N5. The Morgan fingerprint density at radius 2 is 1.75 bits per heavy atom. The van der Waals surface area contributed by atoms with E-state index in [1.807, 2.05) is 24.3 Å². The molecule has 2 N–H and O–H groups in total. The number of tetrazole rings is 1. The second-order valence-corrected chi connectivity index (χ2v) is 4.76. The molecule has 0 saturated carbocycles. The second-order valence-electron chi connectivity index (χ2n) is 4.76. The zero-order valence-corrected chi connectivity index (χ0v) is 9.68. The van der Waals surface area contributed by atoms with Crippen LogP contribution in [0.2, 0.25) is 0 Å². The van der Waals surface area contributed by atoms with Gasteiger partial charge in [-0.15, -0.1) is 5.10 Å². The van der Waals surface area contributed by atoms with Crippen molar-refractivity contribution in [3.63, 3.8) is 0 Å². The fourth-order valence-electron chi connectivity index (χ4n) is 1.44. The van der Waals surface area contributed by atoms with E-state index in [-0.39, 0.29) is 5.41 Å². The van der Waals surface area contributed by atoms with Gasteiger partial charge in [0.2, 0.25) is 0 Å². The quantitative estimate of drug-likeness (QED) is 0.736. The molecule has 16 heavy (non-hydrogen) atoms. The van der Waals surface area contributed by atoms with Gasteiger partial charge in [-0.3, -0.25) is 0 Å². The molecule has 0 spiro atoms. The Morgan fingerprint density at radius 1 is 1.12 bits per heavy atom. The average Bonchev–Trinajstić information content (AvgIpc) is 2.66. The van der Waals surface area contributed by atoms with Crippen LogP contribution in [0.25, 0.3) is 5.69 Å². The summed E-state index contributed by atoms with van der Waals surface area (Å²) in [6.07, 6.45) is 0.